The Morgan fingerprint density at radius 2 is 1.77 bits per heavy atom. The zero-order valence-electron chi connectivity index (χ0n) is 13.2. The van der Waals surface area contributed by atoms with Crippen LogP contribution in [0.3, 0.4) is 0 Å². The Bertz CT molecular complexity index is 595. The largest absolute Gasteiger partial charge is 0.491 e. The molecule has 22 heavy (non-hydrogen) atoms. The molecule has 0 heterocycles. The van der Waals surface area contributed by atoms with Gasteiger partial charge in [-0.1, -0.05) is 48.5 Å². The molecule has 3 heteroatoms. The van der Waals surface area contributed by atoms with Crippen molar-refractivity contribution >= 4 is 5.91 Å². The number of hydrogen-bond acceptors (Lipinski definition) is 2. The molecular formula is C19H23NO2. The third-order valence-electron chi connectivity index (χ3n) is 3.47. The number of nitrogens with one attached hydrogen (secondary N) is 1. The minimum Gasteiger partial charge on any atom is -0.491 e. The molecule has 1 atom stereocenters. The number of aryl methyl sites for hydroxylation is 2. The number of rotatable bonds is 7. The maximum absolute atomic E-state index is 11.9. The van der Waals surface area contributed by atoms with E-state index in [2.05, 4.69) is 5.32 Å². The molecule has 2 aromatic rings. The highest BCUT2D eigenvalue weighted by Gasteiger charge is 2.09. The quantitative estimate of drug-likeness (QED) is 0.849. The third kappa shape index (κ3) is 5.24. The minimum atomic E-state index is -0.0112. The predicted molar refractivity (Wildman–Crippen MR) is 89.0 cm³/mol. The fourth-order valence-corrected chi connectivity index (χ4v) is 2.22. The van der Waals surface area contributed by atoms with Crippen LogP contribution in [0.25, 0.3) is 0 Å². The minimum absolute atomic E-state index is 0.0112. The van der Waals surface area contributed by atoms with Crippen LogP contribution in [0.15, 0.2) is 54.6 Å². The van der Waals surface area contributed by atoms with Crippen LogP contribution < -0.4 is 10.1 Å². The molecule has 0 spiro atoms. The second-order valence-electron chi connectivity index (χ2n) is 5.53. The summed E-state index contributed by atoms with van der Waals surface area (Å²) in [7, 11) is 0. The Morgan fingerprint density at radius 1 is 1.09 bits per heavy atom. The molecular weight excluding hydrogens is 274 g/mol. The molecule has 3 nitrogen and oxygen atoms in total. The van der Waals surface area contributed by atoms with Gasteiger partial charge in [-0.25, -0.2) is 0 Å². The first-order valence-corrected chi connectivity index (χ1v) is 7.67. The van der Waals surface area contributed by atoms with Crippen LogP contribution >= 0.6 is 0 Å². The normalized spacial score (nSPS) is 11.7. The van der Waals surface area contributed by atoms with Crippen molar-refractivity contribution in [1.82, 2.24) is 5.32 Å². The lowest BCUT2D eigenvalue weighted by molar-refractivity contribution is -0.121. The van der Waals surface area contributed by atoms with Crippen molar-refractivity contribution in [2.45, 2.75) is 32.7 Å². The number of carbonyl (C=O) groups excluding carboxylic acids is 1. The Hall–Kier alpha value is -2.29. The summed E-state index contributed by atoms with van der Waals surface area (Å²) < 4.78 is 5.75. The zero-order valence-corrected chi connectivity index (χ0v) is 13.2. The molecule has 0 saturated heterocycles. The topological polar surface area (TPSA) is 38.3 Å². The maximum atomic E-state index is 11.9. The molecule has 0 saturated carbocycles. The summed E-state index contributed by atoms with van der Waals surface area (Å²) in [5.74, 6) is 0.928. The van der Waals surface area contributed by atoms with Crippen molar-refractivity contribution in [3.05, 3.63) is 65.7 Å². The first-order chi connectivity index (χ1) is 10.6. The highest BCUT2D eigenvalue weighted by Crippen LogP contribution is 2.16. The van der Waals surface area contributed by atoms with Gasteiger partial charge < -0.3 is 10.1 Å². The summed E-state index contributed by atoms with van der Waals surface area (Å²) in [5.41, 5.74) is 2.28. The smallest absolute Gasteiger partial charge is 0.220 e. The van der Waals surface area contributed by atoms with E-state index in [4.69, 9.17) is 4.74 Å². The van der Waals surface area contributed by atoms with Gasteiger partial charge in [0, 0.05) is 6.42 Å². The van der Waals surface area contributed by atoms with E-state index < -0.39 is 0 Å². The van der Waals surface area contributed by atoms with Crippen LogP contribution in [0.2, 0.25) is 0 Å². The predicted octanol–water partition coefficient (Wildman–Crippen LogP) is 3.51. The number of ether oxygens (including phenoxy) is 1. The Labute approximate surface area is 132 Å². The molecule has 0 fully saturated rings. The van der Waals surface area contributed by atoms with Crippen LogP contribution in [0.1, 0.15) is 24.5 Å². The zero-order chi connectivity index (χ0) is 15.8. The number of para-hydroxylation sites is 1. The van der Waals surface area contributed by atoms with Crippen molar-refractivity contribution < 1.29 is 9.53 Å². The molecule has 2 aromatic carbocycles. The Kier molecular flexibility index (Phi) is 6.01. The monoisotopic (exact) mass is 297 g/mol. The summed E-state index contributed by atoms with van der Waals surface area (Å²) in [4.78, 5) is 11.9. The van der Waals surface area contributed by atoms with Crippen LogP contribution in [-0.4, -0.2) is 18.6 Å². The molecule has 116 valence electrons. The van der Waals surface area contributed by atoms with Gasteiger partial charge >= 0.3 is 0 Å². The van der Waals surface area contributed by atoms with Gasteiger partial charge in [0.15, 0.2) is 0 Å². The van der Waals surface area contributed by atoms with Crippen molar-refractivity contribution in [3.8, 4) is 5.75 Å². The average molecular weight is 297 g/mol. The van der Waals surface area contributed by atoms with Gasteiger partial charge in [0.2, 0.25) is 5.91 Å². The molecule has 0 bridgehead atoms. The van der Waals surface area contributed by atoms with E-state index in [1.165, 1.54) is 5.56 Å². The fraction of sp³-hybridized carbons (Fsp3) is 0.316. The van der Waals surface area contributed by atoms with E-state index in [9.17, 15) is 4.79 Å². The maximum Gasteiger partial charge on any atom is 0.220 e. The third-order valence-corrected chi connectivity index (χ3v) is 3.47. The Balaban J connectivity index is 1.71. The summed E-state index contributed by atoms with van der Waals surface area (Å²) in [5, 5.41) is 2.98. The number of amides is 1. The van der Waals surface area contributed by atoms with E-state index in [0.29, 0.717) is 13.0 Å². The number of hydrogen-bond donors (Lipinski definition) is 1. The van der Waals surface area contributed by atoms with Crippen molar-refractivity contribution in [2.24, 2.45) is 0 Å². The van der Waals surface area contributed by atoms with Gasteiger partial charge in [-0.3, -0.25) is 4.79 Å². The first-order valence-electron chi connectivity index (χ1n) is 7.67. The molecule has 0 aliphatic carbocycles. The van der Waals surface area contributed by atoms with Crippen molar-refractivity contribution in [1.29, 1.82) is 0 Å². The van der Waals surface area contributed by atoms with Gasteiger partial charge in [-0.2, -0.15) is 0 Å². The second kappa shape index (κ2) is 8.23. The molecule has 0 unspecified atom stereocenters. The summed E-state index contributed by atoms with van der Waals surface area (Å²) in [6.07, 6.45) is 1.26. The van der Waals surface area contributed by atoms with E-state index >= 15 is 0 Å². The molecule has 1 amide bonds. The standard InChI is InChI=1S/C19H23NO2/c1-15-8-6-7-11-18(15)22-14-16(2)20-19(21)13-12-17-9-4-3-5-10-17/h3-11,16H,12-14H2,1-2H3,(H,20,21)/t16-/m0/s1. The lowest BCUT2D eigenvalue weighted by Crippen LogP contribution is -2.36. The lowest BCUT2D eigenvalue weighted by atomic mass is 10.1. The average Bonchev–Trinajstić information content (AvgIpc) is 2.53. The molecule has 1 N–H and O–H groups in total. The van der Waals surface area contributed by atoms with Crippen molar-refractivity contribution in [3.63, 3.8) is 0 Å². The fourth-order valence-electron chi connectivity index (χ4n) is 2.22. The number of carbonyl (C=O) groups is 1. The van der Waals surface area contributed by atoms with E-state index in [-0.39, 0.29) is 11.9 Å². The van der Waals surface area contributed by atoms with Crippen LogP contribution in [0, 0.1) is 6.92 Å². The Morgan fingerprint density at radius 3 is 2.50 bits per heavy atom. The first kappa shape index (κ1) is 16.1. The van der Waals surface area contributed by atoms with Gasteiger partial charge in [0.1, 0.15) is 12.4 Å². The molecule has 0 aromatic heterocycles. The second-order valence-corrected chi connectivity index (χ2v) is 5.53. The van der Waals surface area contributed by atoms with Gasteiger partial charge in [-0.15, -0.1) is 0 Å². The van der Waals surface area contributed by atoms with Gasteiger partial charge in [0.25, 0.3) is 0 Å². The SMILES string of the molecule is Cc1ccccc1OC[C@H](C)NC(=O)CCc1ccccc1. The van der Waals surface area contributed by atoms with Crippen LogP contribution in [0.5, 0.6) is 5.75 Å². The molecule has 0 aliphatic heterocycles. The summed E-state index contributed by atoms with van der Waals surface area (Å²) in [6.45, 7) is 4.44. The molecule has 0 radical (unpaired) electrons. The highest BCUT2D eigenvalue weighted by molar-refractivity contribution is 5.76. The van der Waals surface area contributed by atoms with E-state index in [0.717, 1.165) is 17.7 Å². The summed E-state index contributed by atoms with van der Waals surface area (Å²) >= 11 is 0. The van der Waals surface area contributed by atoms with Gasteiger partial charge in [0.05, 0.1) is 6.04 Å². The lowest BCUT2D eigenvalue weighted by Gasteiger charge is -2.16. The van der Waals surface area contributed by atoms with E-state index in [1.807, 2.05) is 68.4 Å². The van der Waals surface area contributed by atoms with Crippen molar-refractivity contribution in [2.75, 3.05) is 6.61 Å². The summed E-state index contributed by atoms with van der Waals surface area (Å²) in [6, 6.07) is 17.9. The van der Waals surface area contributed by atoms with Gasteiger partial charge in [-0.05, 0) is 37.5 Å². The highest BCUT2D eigenvalue weighted by atomic mass is 16.5. The van der Waals surface area contributed by atoms with E-state index in [1.54, 1.807) is 0 Å². The number of benzene rings is 2. The van der Waals surface area contributed by atoms with Crippen LogP contribution in [0.4, 0.5) is 0 Å². The van der Waals surface area contributed by atoms with Crippen LogP contribution in [-0.2, 0) is 11.2 Å². The molecule has 0 aliphatic rings. The molecule has 2 rings (SSSR count).